The van der Waals surface area contributed by atoms with Crippen molar-refractivity contribution in [3.8, 4) is 17.1 Å². The van der Waals surface area contributed by atoms with Crippen LogP contribution in [0.2, 0.25) is 0 Å². The number of ether oxygens (including phenoxy) is 1. The van der Waals surface area contributed by atoms with E-state index in [0.29, 0.717) is 0 Å². The minimum atomic E-state index is -4.49. The number of nitrogens with one attached hydrogen (secondary N) is 1. The molecule has 22 heavy (non-hydrogen) atoms. The molecule has 0 radical (unpaired) electrons. The second kappa shape index (κ2) is 5.51. The van der Waals surface area contributed by atoms with Gasteiger partial charge < -0.3 is 14.8 Å². The number of hydrogen-bond donors (Lipinski definition) is 2. The summed E-state index contributed by atoms with van der Waals surface area (Å²) in [6.45, 7) is 0. The molecule has 1 aromatic carbocycles. The molecule has 2 aromatic rings. The summed E-state index contributed by atoms with van der Waals surface area (Å²) < 4.78 is 41.8. The Morgan fingerprint density at radius 1 is 1.27 bits per heavy atom. The third kappa shape index (κ3) is 2.92. The zero-order valence-corrected chi connectivity index (χ0v) is 11.1. The lowest BCUT2D eigenvalue weighted by Crippen LogP contribution is -2.16. The summed E-state index contributed by atoms with van der Waals surface area (Å²) in [5.74, 6) is -2.14. The third-order valence-electron chi connectivity index (χ3n) is 2.76. The molecular weight excluding hydrogens is 305 g/mol. The van der Waals surface area contributed by atoms with Crippen molar-refractivity contribution < 1.29 is 27.8 Å². The zero-order chi connectivity index (χ0) is 16.5. The fourth-order valence-corrected chi connectivity index (χ4v) is 1.66. The zero-order valence-electron chi connectivity index (χ0n) is 11.1. The average molecular weight is 314 g/mol. The van der Waals surface area contributed by atoms with Gasteiger partial charge in [-0.15, -0.1) is 0 Å². The van der Waals surface area contributed by atoms with Crippen LogP contribution >= 0.6 is 0 Å². The van der Waals surface area contributed by atoms with Gasteiger partial charge in [-0.05, 0) is 12.1 Å². The van der Waals surface area contributed by atoms with Crippen molar-refractivity contribution in [2.24, 2.45) is 0 Å². The Balaban J connectivity index is 2.52. The van der Waals surface area contributed by atoms with Crippen LogP contribution in [0.4, 0.5) is 13.2 Å². The van der Waals surface area contributed by atoms with Crippen LogP contribution in [0.3, 0.4) is 0 Å². The molecule has 0 bridgehead atoms. The Morgan fingerprint density at radius 3 is 2.36 bits per heavy atom. The Kier molecular flexibility index (Phi) is 3.89. The molecule has 0 unspecified atom stereocenters. The van der Waals surface area contributed by atoms with E-state index < -0.39 is 34.7 Å². The molecule has 6 nitrogen and oxygen atoms in total. The smallest absolute Gasteiger partial charge is 0.416 e. The molecule has 0 atom stereocenters. The van der Waals surface area contributed by atoms with Crippen molar-refractivity contribution in [2.75, 3.05) is 7.11 Å². The summed E-state index contributed by atoms with van der Waals surface area (Å²) in [6.07, 6.45) is -4.49. The number of H-pyrrole nitrogens is 1. The molecule has 116 valence electrons. The largest absolute Gasteiger partial charge is 0.501 e. The van der Waals surface area contributed by atoms with E-state index in [9.17, 15) is 27.9 Å². The molecule has 0 aliphatic carbocycles. The molecule has 2 rings (SSSR count). The van der Waals surface area contributed by atoms with Crippen LogP contribution in [0, 0.1) is 0 Å². The number of aromatic amines is 1. The van der Waals surface area contributed by atoms with Gasteiger partial charge in [0, 0.05) is 5.56 Å². The van der Waals surface area contributed by atoms with Gasteiger partial charge in [0.15, 0.2) is 5.69 Å². The molecule has 2 N–H and O–H groups in total. The first-order valence-electron chi connectivity index (χ1n) is 5.83. The molecule has 0 saturated heterocycles. The standard InChI is InChI=1S/C13H9F3N2O4/c1-22-12(21)8-9(19)11(20)18-10(17-8)6-2-4-7(5-3-6)13(14,15)16/h2-5,19H,1H3,(H,17,18,20). The van der Waals surface area contributed by atoms with E-state index in [0.717, 1.165) is 31.4 Å². The molecule has 0 amide bonds. The van der Waals surface area contributed by atoms with Crippen molar-refractivity contribution in [3.63, 3.8) is 0 Å². The first-order chi connectivity index (χ1) is 10.2. The van der Waals surface area contributed by atoms with Gasteiger partial charge in [0.25, 0.3) is 5.56 Å². The van der Waals surface area contributed by atoms with Gasteiger partial charge in [0.1, 0.15) is 5.82 Å². The van der Waals surface area contributed by atoms with Gasteiger partial charge in [-0.3, -0.25) is 4.79 Å². The molecule has 0 aliphatic rings. The lowest BCUT2D eigenvalue weighted by atomic mass is 10.1. The van der Waals surface area contributed by atoms with Gasteiger partial charge in [-0.25, -0.2) is 9.78 Å². The minimum absolute atomic E-state index is 0.134. The quantitative estimate of drug-likeness (QED) is 0.827. The number of alkyl halides is 3. The second-order valence-electron chi connectivity index (χ2n) is 4.18. The highest BCUT2D eigenvalue weighted by atomic mass is 19.4. The monoisotopic (exact) mass is 314 g/mol. The molecule has 1 aromatic heterocycles. The van der Waals surface area contributed by atoms with Crippen LogP contribution in [0.15, 0.2) is 29.1 Å². The van der Waals surface area contributed by atoms with Crippen LogP contribution in [0.5, 0.6) is 5.75 Å². The van der Waals surface area contributed by atoms with E-state index in [1.54, 1.807) is 0 Å². The van der Waals surface area contributed by atoms with Crippen molar-refractivity contribution in [1.29, 1.82) is 0 Å². The first kappa shape index (κ1) is 15.5. The molecule has 0 saturated carbocycles. The van der Waals surface area contributed by atoms with E-state index in [4.69, 9.17) is 0 Å². The summed E-state index contributed by atoms with van der Waals surface area (Å²) in [5, 5.41) is 9.47. The molecule has 9 heteroatoms. The number of carbonyl (C=O) groups excluding carboxylic acids is 1. The van der Waals surface area contributed by atoms with Crippen molar-refractivity contribution in [3.05, 3.63) is 45.9 Å². The highest BCUT2D eigenvalue weighted by Gasteiger charge is 2.30. The van der Waals surface area contributed by atoms with Crippen LogP contribution in [-0.2, 0) is 10.9 Å². The van der Waals surface area contributed by atoms with E-state index >= 15 is 0 Å². The highest BCUT2D eigenvalue weighted by Crippen LogP contribution is 2.30. The fourth-order valence-electron chi connectivity index (χ4n) is 1.66. The summed E-state index contributed by atoms with van der Waals surface area (Å²) >= 11 is 0. The number of benzene rings is 1. The van der Waals surface area contributed by atoms with E-state index in [1.165, 1.54) is 0 Å². The average Bonchev–Trinajstić information content (AvgIpc) is 2.48. The normalized spacial score (nSPS) is 11.3. The predicted octanol–water partition coefficient (Wildman–Crippen LogP) is 1.95. The summed E-state index contributed by atoms with van der Waals surface area (Å²) in [5.41, 5.74) is -2.37. The molecule has 1 heterocycles. The van der Waals surface area contributed by atoms with Crippen LogP contribution in [0.1, 0.15) is 16.1 Å². The molecular formula is C13H9F3N2O4. The van der Waals surface area contributed by atoms with E-state index in [-0.39, 0.29) is 11.4 Å². The minimum Gasteiger partial charge on any atom is -0.501 e. The number of carbonyl (C=O) groups is 1. The second-order valence-corrected chi connectivity index (χ2v) is 4.18. The van der Waals surface area contributed by atoms with Gasteiger partial charge in [0.2, 0.25) is 5.75 Å². The SMILES string of the molecule is COC(=O)c1nc(-c2ccc(C(F)(F)F)cc2)[nH]c(=O)c1O. The topological polar surface area (TPSA) is 92.3 Å². The van der Waals surface area contributed by atoms with Gasteiger partial charge in [-0.1, -0.05) is 12.1 Å². The summed E-state index contributed by atoms with van der Waals surface area (Å²) in [6, 6.07) is 3.78. The number of aromatic nitrogens is 2. The molecule has 0 aliphatic heterocycles. The van der Waals surface area contributed by atoms with Crippen molar-refractivity contribution in [1.82, 2.24) is 9.97 Å². The number of methoxy groups -OCH3 is 1. The predicted molar refractivity (Wildman–Crippen MR) is 68.3 cm³/mol. The molecule has 0 spiro atoms. The van der Waals surface area contributed by atoms with Crippen LogP contribution in [0.25, 0.3) is 11.4 Å². The van der Waals surface area contributed by atoms with E-state index in [1.807, 2.05) is 0 Å². The number of rotatable bonds is 2. The highest BCUT2D eigenvalue weighted by molar-refractivity contribution is 5.90. The first-order valence-corrected chi connectivity index (χ1v) is 5.83. The summed E-state index contributed by atoms with van der Waals surface area (Å²) in [7, 11) is 1.03. The maximum Gasteiger partial charge on any atom is 0.416 e. The third-order valence-corrected chi connectivity index (χ3v) is 2.76. The Labute approximate surface area is 121 Å². The van der Waals surface area contributed by atoms with Crippen molar-refractivity contribution >= 4 is 5.97 Å². The van der Waals surface area contributed by atoms with Crippen molar-refractivity contribution in [2.45, 2.75) is 6.18 Å². The van der Waals surface area contributed by atoms with Gasteiger partial charge >= 0.3 is 12.1 Å². The number of nitrogens with zero attached hydrogens (tertiary/aromatic N) is 1. The number of aromatic hydroxyl groups is 1. The summed E-state index contributed by atoms with van der Waals surface area (Å²) in [4.78, 5) is 28.8. The lowest BCUT2D eigenvalue weighted by molar-refractivity contribution is -0.137. The molecule has 0 fully saturated rings. The van der Waals surface area contributed by atoms with Gasteiger partial charge in [0.05, 0.1) is 12.7 Å². The van der Waals surface area contributed by atoms with E-state index in [2.05, 4.69) is 14.7 Å². The van der Waals surface area contributed by atoms with Crippen LogP contribution in [-0.4, -0.2) is 28.2 Å². The van der Waals surface area contributed by atoms with Gasteiger partial charge in [-0.2, -0.15) is 13.2 Å². The Hall–Kier alpha value is -2.84. The lowest BCUT2D eigenvalue weighted by Gasteiger charge is -2.08. The number of esters is 1. The number of hydrogen-bond acceptors (Lipinski definition) is 5. The number of halogens is 3. The Morgan fingerprint density at radius 2 is 1.86 bits per heavy atom. The van der Waals surface area contributed by atoms with Crippen LogP contribution < -0.4 is 5.56 Å². The fraction of sp³-hybridized carbons (Fsp3) is 0.154. The maximum atomic E-state index is 12.5. The maximum absolute atomic E-state index is 12.5. The Bertz CT molecular complexity index is 766.